The van der Waals surface area contributed by atoms with E-state index in [1.807, 2.05) is 0 Å². The fraction of sp³-hybridized carbons (Fsp3) is 0.455. The molecule has 100 valence electrons. The van der Waals surface area contributed by atoms with E-state index in [0.29, 0.717) is 13.1 Å². The number of hydrogen-bond donors (Lipinski definition) is 1. The first-order valence-electron chi connectivity index (χ1n) is 5.57. The van der Waals surface area contributed by atoms with Gasteiger partial charge in [0, 0.05) is 37.0 Å². The molecule has 18 heavy (non-hydrogen) atoms. The second-order valence-corrected chi connectivity index (χ2v) is 4.13. The topological polar surface area (TPSA) is 58.4 Å². The predicted octanol–water partition coefficient (Wildman–Crippen LogP) is 2.78. The number of rotatable bonds is 3. The molecule has 5 nitrogen and oxygen atoms in total. The van der Waals surface area contributed by atoms with Crippen LogP contribution in [-0.4, -0.2) is 29.2 Å². The molecule has 0 amide bonds. The van der Waals surface area contributed by atoms with Crippen LogP contribution in [0.25, 0.3) is 0 Å². The Kier molecular flexibility index (Phi) is 5.30. The van der Waals surface area contributed by atoms with Crippen molar-refractivity contribution in [2.75, 3.05) is 18.4 Å². The maximum Gasteiger partial charge on any atom is 0.269 e. The molecule has 0 aromatic heterocycles. The van der Waals surface area contributed by atoms with Gasteiger partial charge in [0.1, 0.15) is 0 Å². The van der Waals surface area contributed by atoms with Gasteiger partial charge in [-0.3, -0.25) is 10.1 Å². The van der Waals surface area contributed by atoms with Crippen LogP contribution in [0.15, 0.2) is 24.3 Å². The predicted molar refractivity (Wildman–Crippen MR) is 69.7 cm³/mol. The Morgan fingerprint density at radius 3 is 2.33 bits per heavy atom. The van der Waals surface area contributed by atoms with Crippen LogP contribution in [0.3, 0.4) is 0 Å². The highest BCUT2D eigenvalue weighted by Crippen LogP contribution is 2.19. The normalized spacial score (nSPS) is 16.9. The van der Waals surface area contributed by atoms with Crippen LogP contribution in [0.5, 0.6) is 0 Å². The van der Waals surface area contributed by atoms with Crippen LogP contribution in [0.1, 0.15) is 12.8 Å². The lowest BCUT2D eigenvalue weighted by molar-refractivity contribution is -0.384. The average molecular weight is 276 g/mol. The first kappa shape index (κ1) is 14.7. The lowest BCUT2D eigenvalue weighted by Gasteiger charge is -2.27. The second-order valence-electron chi connectivity index (χ2n) is 4.13. The highest BCUT2D eigenvalue weighted by atomic mass is 35.5. The van der Waals surface area contributed by atoms with Gasteiger partial charge in [-0.2, -0.15) is 0 Å². The Morgan fingerprint density at radius 2 is 1.83 bits per heavy atom. The number of hydrogen-bond acceptors (Lipinski definition) is 4. The molecule has 0 aliphatic carbocycles. The van der Waals surface area contributed by atoms with E-state index in [4.69, 9.17) is 0 Å². The summed E-state index contributed by atoms with van der Waals surface area (Å²) in [5.74, 6) is 0. The van der Waals surface area contributed by atoms with E-state index in [2.05, 4.69) is 5.32 Å². The van der Waals surface area contributed by atoms with Crippen LogP contribution in [-0.2, 0) is 0 Å². The maximum atomic E-state index is 12.8. The average Bonchev–Trinajstić information content (AvgIpc) is 2.33. The summed E-state index contributed by atoms with van der Waals surface area (Å²) in [7, 11) is 0. The van der Waals surface area contributed by atoms with Crippen molar-refractivity contribution in [2.45, 2.75) is 18.9 Å². The first-order valence-corrected chi connectivity index (χ1v) is 5.57. The molecule has 2 rings (SSSR count). The zero-order valence-electron chi connectivity index (χ0n) is 9.71. The first-order chi connectivity index (χ1) is 8.15. The molecule has 1 fully saturated rings. The van der Waals surface area contributed by atoms with Crippen LogP contribution in [0, 0.1) is 10.1 Å². The van der Waals surface area contributed by atoms with Crippen LogP contribution in [0.4, 0.5) is 15.9 Å². The molecule has 0 bridgehead atoms. The molecule has 7 heteroatoms. The van der Waals surface area contributed by atoms with Crippen molar-refractivity contribution in [2.24, 2.45) is 0 Å². The van der Waals surface area contributed by atoms with Crippen molar-refractivity contribution in [1.82, 2.24) is 5.12 Å². The largest absolute Gasteiger partial charge is 0.382 e. The van der Waals surface area contributed by atoms with Gasteiger partial charge in [-0.15, -0.1) is 22.0 Å². The number of piperidine rings is 1. The fourth-order valence-electron chi connectivity index (χ4n) is 1.91. The zero-order valence-corrected chi connectivity index (χ0v) is 10.5. The van der Waals surface area contributed by atoms with Gasteiger partial charge in [-0.05, 0) is 25.0 Å². The van der Waals surface area contributed by atoms with Crippen molar-refractivity contribution < 1.29 is 9.40 Å². The molecular formula is C11H15ClFN3O2. The Bertz CT molecular complexity index is 394. The number of nitro groups is 1. The summed E-state index contributed by atoms with van der Waals surface area (Å²) in [6.45, 7) is 0.870. The van der Waals surface area contributed by atoms with E-state index in [1.54, 1.807) is 12.1 Å². The highest BCUT2D eigenvalue weighted by molar-refractivity contribution is 5.85. The Labute approximate surface area is 110 Å². The van der Waals surface area contributed by atoms with Gasteiger partial charge in [0.25, 0.3) is 5.69 Å². The van der Waals surface area contributed by atoms with Crippen molar-refractivity contribution in [3.63, 3.8) is 0 Å². The van der Waals surface area contributed by atoms with Crippen LogP contribution in [0.2, 0.25) is 0 Å². The maximum absolute atomic E-state index is 12.8. The zero-order chi connectivity index (χ0) is 12.3. The minimum absolute atomic E-state index is 0. The summed E-state index contributed by atoms with van der Waals surface area (Å²) < 4.78 is 12.8. The fourth-order valence-corrected chi connectivity index (χ4v) is 1.91. The standard InChI is InChI=1S/C11H14FN3O2.ClH/c12-14-7-5-10(6-8-14)13-9-1-3-11(4-2-9)15(16)17;/h1-4,10,13H,5-8H2;1H. The van der Waals surface area contributed by atoms with E-state index in [1.165, 1.54) is 12.1 Å². The van der Waals surface area contributed by atoms with E-state index >= 15 is 0 Å². The number of nitro benzene ring substituents is 1. The molecule has 1 heterocycles. The molecule has 1 aliphatic heterocycles. The SMILES string of the molecule is Cl.O=[N+]([O-])c1ccc(NC2CCN(F)CC2)cc1. The summed E-state index contributed by atoms with van der Waals surface area (Å²) in [6, 6.07) is 6.53. The molecule has 0 radical (unpaired) electrons. The van der Waals surface area contributed by atoms with E-state index in [0.717, 1.165) is 23.7 Å². The third-order valence-electron chi connectivity index (χ3n) is 2.89. The second kappa shape index (κ2) is 6.51. The lowest BCUT2D eigenvalue weighted by Crippen LogP contribution is -2.34. The molecule has 1 aromatic rings. The molecule has 0 atom stereocenters. The Balaban J connectivity index is 0.00000162. The molecule has 0 saturated carbocycles. The van der Waals surface area contributed by atoms with Gasteiger partial charge in [-0.1, -0.05) is 0 Å². The number of nitrogens with zero attached hydrogens (tertiary/aromatic N) is 2. The lowest BCUT2D eigenvalue weighted by atomic mass is 10.1. The van der Waals surface area contributed by atoms with E-state index in [9.17, 15) is 14.6 Å². The molecular weight excluding hydrogens is 261 g/mol. The van der Waals surface area contributed by atoms with Crippen molar-refractivity contribution in [3.05, 3.63) is 34.4 Å². The molecule has 1 N–H and O–H groups in total. The van der Waals surface area contributed by atoms with Gasteiger partial charge >= 0.3 is 0 Å². The summed E-state index contributed by atoms with van der Waals surface area (Å²) in [6.07, 6.45) is 1.49. The van der Waals surface area contributed by atoms with E-state index < -0.39 is 4.92 Å². The van der Waals surface area contributed by atoms with Crippen molar-refractivity contribution in [3.8, 4) is 0 Å². The minimum atomic E-state index is -0.425. The smallest absolute Gasteiger partial charge is 0.269 e. The molecule has 0 spiro atoms. The monoisotopic (exact) mass is 275 g/mol. The van der Waals surface area contributed by atoms with E-state index in [-0.39, 0.29) is 24.1 Å². The quantitative estimate of drug-likeness (QED) is 0.523. The summed E-state index contributed by atoms with van der Waals surface area (Å²) >= 11 is 0. The molecule has 1 saturated heterocycles. The summed E-state index contributed by atoms with van der Waals surface area (Å²) in [5.41, 5.74) is 0.919. The third kappa shape index (κ3) is 3.82. The number of halogens is 2. The van der Waals surface area contributed by atoms with Crippen molar-refractivity contribution >= 4 is 23.8 Å². The molecule has 1 aliphatic rings. The van der Waals surface area contributed by atoms with Gasteiger partial charge in [-0.25, -0.2) is 0 Å². The van der Waals surface area contributed by atoms with Crippen molar-refractivity contribution in [1.29, 1.82) is 0 Å². The number of nitrogens with one attached hydrogen (secondary N) is 1. The molecule has 0 unspecified atom stereocenters. The number of anilines is 1. The van der Waals surface area contributed by atoms with Gasteiger partial charge in [0.15, 0.2) is 0 Å². The minimum Gasteiger partial charge on any atom is -0.382 e. The number of non-ortho nitro benzene ring substituents is 1. The van der Waals surface area contributed by atoms with Crippen LogP contribution < -0.4 is 5.32 Å². The Morgan fingerprint density at radius 1 is 1.28 bits per heavy atom. The summed E-state index contributed by atoms with van der Waals surface area (Å²) in [4.78, 5) is 10.1. The van der Waals surface area contributed by atoms with Gasteiger partial charge < -0.3 is 5.32 Å². The van der Waals surface area contributed by atoms with Gasteiger partial charge in [0.2, 0.25) is 0 Å². The number of benzene rings is 1. The summed E-state index contributed by atoms with van der Waals surface area (Å²) in [5, 5.41) is 14.5. The third-order valence-corrected chi connectivity index (χ3v) is 2.89. The Hall–Kier alpha value is -1.40. The highest BCUT2D eigenvalue weighted by Gasteiger charge is 2.18. The van der Waals surface area contributed by atoms with Crippen LogP contribution >= 0.6 is 12.4 Å². The van der Waals surface area contributed by atoms with Gasteiger partial charge in [0.05, 0.1) is 4.92 Å². The molecule has 1 aromatic carbocycles.